The summed E-state index contributed by atoms with van der Waals surface area (Å²) in [6.07, 6.45) is 13.4. The van der Waals surface area contributed by atoms with Gasteiger partial charge in [0.15, 0.2) is 23.0 Å². The number of imide groups is 2. The summed E-state index contributed by atoms with van der Waals surface area (Å²) in [7, 11) is 6.01. The van der Waals surface area contributed by atoms with Crippen LogP contribution in [0.2, 0.25) is 0 Å². The lowest BCUT2D eigenvalue weighted by Gasteiger charge is -2.19. The first-order valence-electron chi connectivity index (χ1n) is 17.7. The highest BCUT2D eigenvalue weighted by Crippen LogP contribution is 2.40. The van der Waals surface area contributed by atoms with Crippen molar-refractivity contribution in [3.05, 3.63) is 71.8 Å². The quantitative estimate of drug-likeness (QED) is 0.126. The van der Waals surface area contributed by atoms with Crippen molar-refractivity contribution in [2.75, 3.05) is 94.4 Å². The molecule has 0 bridgehead atoms. The molecule has 15 heteroatoms. The zero-order valence-corrected chi connectivity index (χ0v) is 31.6. The van der Waals surface area contributed by atoms with E-state index >= 15 is 0 Å². The Morgan fingerprint density at radius 3 is 1.18 bits per heavy atom. The molecule has 4 rings (SSSR count). The van der Waals surface area contributed by atoms with Gasteiger partial charge < -0.3 is 42.6 Å². The zero-order valence-electron chi connectivity index (χ0n) is 31.6. The maximum Gasteiger partial charge on any atom is 0.253 e. The molecule has 2 aliphatic heterocycles. The summed E-state index contributed by atoms with van der Waals surface area (Å²) in [5, 5.41) is 0. The Morgan fingerprint density at radius 1 is 0.545 bits per heavy atom. The predicted molar refractivity (Wildman–Crippen MR) is 202 cm³/mol. The molecule has 0 fully saturated rings. The van der Waals surface area contributed by atoms with E-state index in [0.717, 1.165) is 0 Å². The molecule has 4 amide bonds. The number of ether oxygens (including phenoxy) is 9. The Labute approximate surface area is 320 Å². The maximum absolute atomic E-state index is 12.5. The van der Waals surface area contributed by atoms with Crippen LogP contribution in [0.25, 0.3) is 12.2 Å². The monoisotopic (exact) mass is 764 g/mol. The van der Waals surface area contributed by atoms with Crippen molar-refractivity contribution in [1.82, 2.24) is 9.80 Å². The normalized spacial score (nSPS) is 14.2. The predicted octanol–water partition coefficient (Wildman–Crippen LogP) is 3.89. The van der Waals surface area contributed by atoms with Gasteiger partial charge in [-0.15, -0.1) is 0 Å². The first-order chi connectivity index (χ1) is 26.8. The first kappa shape index (κ1) is 42.1. The molecule has 0 aromatic heterocycles. The Balaban J connectivity index is 1.10. The van der Waals surface area contributed by atoms with Gasteiger partial charge >= 0.3 is 0 Å². The Bertz CT molecular complexity index is 1570. The number of hydrogen-bond acceptors (Lipinski definition) is 13. The van der Waals surface area contributed by atoms with Crippen LogP contribution < -0.4 is 28.4 Å². The molecule has 0 saturated heterocycles. The smallest absolute Gasteiger partial charge is 0.253 e. The number of carbonyl (C=O) groups is 4. The lowest BCUT2D eigenvalue weighted by Crippen LogP contribution is -2.37. The highest BCUT2D eigenvalue weighted by Gasteiger charge is 2.21. The Hall–Kier alpha value is -5.64. The number of nitrogens with zero attached hydrogens (tertiary/aromatic N) is 2. The molecule has 2 aromatic rings. The minimum atomic E-state index is -0.401. The molecular formula is C40H48N2O13. The fraction of sp³-hybridized carbons (Fsp3) is 0.400. The Morgan fingerprint density at radius 2 is 0.873 bits per heavy atom. The van der Waals surface area contributed by atoms with Crippen molar-refractivity contribution >= 4 is 35.8 Å². The molecule has 0 N–H and O–H groups in total. The average Bonchev–Trinajstić information content (AvgIpc) is 3.20. The summed E-state index contributed by atoms with van der Waals surface area (Å²) in [5.41, 5.74) is 1.27. The molecule has 0 unspecified atom stereocenters. The average molecular weight is 765 g/mol. The first-order valence-corrected chi connectivity index (χ1v) is 17.7. The second-order valence-electron chi connectivity index (χ2n) is 11.7. The summed E-state index contributed by atoms with van der Waals surface area (Å²) < 4.78 is 50.6. The van der Waals surface area contributed by atoms with Gasteiger partial charge in [-0.25, -0.2) is 0 Å². The highest BCUT2D eigenvalue weighted by atomic mass is 16.6. The second-order valence-corrected chi connectivity index (χ2v) is 11.7. The molecule has 0 atom stereocenters. The van der Waals surface area contributed by atoms with Crippen LogP contribution >= 0.6 is 0 Å². The van der Waals surface area contributed by atoms with E-state index in [4.69, 9.17) is 42.6 Å². The second kappa shape index (κ2) is 22.5. The molecule has 15 nitrogen and oxygen atoms in total. The lowest BCUT2D eigenvalue weighted by atomic mass is 10.1. The van der Waals surface area contributed by atoms with Crippen molar-refractivity contribution in [3.63, 3.8) is 0 Å². The minimum absolute atomic E-state index is 0.224. The lowest BCUT2D eigenvalue weighted by molar-refractivity contribution is -0.140. The van der Waals surface area contributed by atoms with Crippen LogP contribution in [0.3, 0.4) is 0 Å². The van der Waals surface area contributed by atoms with Gasteiger partial charge in [0.1, 0.15) is 13.2 Å². The Kier molecular flexibility index (Phi) is 17.3. The van der Waals surface area contributed by atoms with Crippen molar-refractivity contribution < 1.29 is 61.8 Å². The molecule has 0 saturated carbocycles. The molecule has 55 heavy (non-hydrogen) atoms. The van der Waals surface area contributed by atoms with E-state index in [1.807, 2.05) is 0 Å². The van der Waals surface area contributed by atoms with Crippen LogP contribution in [0, 0.1) is 0 Å². The van der Waals surface area contributed by atoms with Crippen molar-refractivity contribution in [3.8, 4) is 34.5 Å². The van der Waals surface area contributed by atoms with Crippen molar-refractivity contribution in [1.29, 1.82) is 0 Å². The van der Waals surface area contributed by atoms with E-state index in [0.29, 0.717) is 98.0 Å². The number of carbonyl (C=O) groups excluding carboxylic acids is 4. The van der Waals surface area contributed by atoms with Crippen LogP contribution in [-0.2, 0) is 33.4 Å². The maximum atomic E-state index is 12.5. The molecule has 0 spiro atoms. The van der Waals surface area contributed by atoms with Crippen LogP contribution in [0.1, 0.15) is 24.0 Å². The molecule has 0 aliphatic carbocycles. The van der Waals surface area contributed by atoms with Crippen molar-refractivity contribution in [2.45, 2.75) is 12.8 Å². The highest BCUT2D eigenvalue weighted by molar-refractivity contribution is 6.07. The molecular weight excluding hydrogens is 716 g/mol. The SMILES string of the molecule is COc1cc(/C=C/C(=O)N2CCC=CC2=O)cc(OC)c1OCCOCCOCCOCCOc1c(OC)cc(/C=C/C(=O)N2CCC=CC2=O)cc1OC. The standard InChI is InChI=1S/C40H48N2O13/c1-47-31-25-29(11-13-37(45)41-15-7-5-9-35(41)43)26-32(48-2)39(31)54-23-21-52-19-17-51-18-20-53-22-24-55-40-33(49-3)27-30(28-34(40)50-4)12-14-38(46)42-16-8-6-10-36(42)44/h5-6,9-14,25-28H,7-8,15-24H2,1-4H3/b13-11+,14-12+. The largest absolute Gasteiger partial charge is 0.493 e. The summed E-state index contributed by atoms with van der Waals surface area (Å²) in [6, 6.07) is 6.83. The zero-order chi connectivity index (χ0) is 39.4. The molecule has 296 valence electrons. The van der Waals surface area contributed by atoms with E-state index in [1.54, 1.807) is 48.6 Å². The third-order valence-electron chi connectivity index (χ3n) is 8.12. The van der Waals surface area contributed by atoms with E-state index < -0.39 is 11.8 Å². The molecule has 0 radical (unpaired) electrons. The summed E-state index contributed by atoms with van der Waals surface area (Å²) in [6.45, 7) is 3.13. The van der Waals surface area contributed by atoms with Crippen LogP contribution in [0.4, 0.5) is 0 Å². The topological polar surface area (TPSA) is 158 Å². The van der Waals surface area contributed by atoms with E-state index in [1.165, 1.54) is 62.5 Å². The molecule has 2 aliphatic rings. The summed E-state index contributed by atoms with van der Waals surface area (Å²) in [4.78, 5) is 51.3. The fourth-order valence-corrected chi connectivity index (χ4v) is 5.35. The number of methoxy groups -OCH3 is 4. The number of benzene rings is 2. The van der Waals surface area contributed by atoms with Gasteiger partial charge in [0.05, 0.1) is 68.1 Å². The summed E-state index contributed by atoms with van der Waals surface area (Å²) >= 11 is 0. The van der Waals surface area contributed by atoms with Gasteiger partial charge in [-0.2, -0.15) is 0 Å². The van der Waals surface area contributed by atoms with Gasteiger partial charge in [0.2, 0.25) is 11.5 Å². The van der Waals surface area contributed by atoms with E-state index in [2.05, 4.69) is 0 Å². The van der Waals surface area contributed by atoms with Gasteiger partial charge in [0, 0.05) is 25.2 Å². The number of hydrogen-bond donors (Lipinski definition) is 0. The van der Waals surface area contributed by atoms with Crippen LogP contribution in [0.15, 0.2) is 60.7 Å². The number of rotatable bonds is 22. The minimum Gasteiger partial charge on any atom is -0.493 e. The molecule has 2 aromatic carbocycles. The van der Waals surface area contributed by atoms with Crippen molar-refractivity contribution in [2.24, 2.45) is 0 Å². The van der Waals surface area contributed by atoms with Gasteiger partial charge in [-0.05, 0) is 72.5 Å². The van der Waals surface area contributed by atoms with E-state index in [-0.39, 0.29) is 38.2 Å². The van der Waals surface area contributed by atoms with Gasteiger partial charge in [0.25, 0.3) is 23.6 Å². The fourth-order valence-electron chi connectivity index (χ4n) is 5.35. The number of amides is 4. The van der Waals surface area contributed by atoms with Crippen LogP contribution in [0.5, 0.6) is 34.5 Å². The third-order valence-corrected chi connectivity index (χ3v) is 8.12. The molecule has 2 heterocycles. The summed E-state index contributed by atoms with van der Waals surface area (Å²) in [5.74, 6) is 0.975. The van der Waals surface area contributed by atoms with E-state index in [9.17, 15) is 19.2 Å². The third kappa shape index (κ3) is 12.7. The van der Waals surface area contributed by atoms with Crippen LogP contribution in [-0.4, -0.2) is 128 Å². The van der Waals surface area contributed by atoms with Gasteiger partial charge in [-0.1, -0.05) is 12.2 Å². The van der Waals surface area contributed by atoms with Gasteiger partial charge in [-0.3, -0.25) is 29.0 Å².